The van der Waals surface area contributed by atoms with Crippen LogP contribution >= 0.6 is 0 Å². The molecule has 0 atom stereocenters. The molecule has 1 fully saturated rings. The third-order valence-corrected chi connectivity index (χ3v) is 2.41. The van der Waals surface area contributed by atoms with Crippen molar-refractivity contribution in [3.05, 3.63) is 11.4 Å². The van der Waals surface area contributed by atoms with Crippen LogP contribution in [0.15, 0.2) is 0 Å². The van der Waals surface area contributed by atoms with Gasteiger partial charge in [0.25, 0.3) is 0 Å². The van der Waals surface area contributed by atoms with Gasteiger partial charge in [-0.2, -0.15) is 0 Å². The Morgan fingerprint density at radius 3 is 2.42 bits per heavy atom. The molecule has 0 aliphatic heterocycles. The summed E-state index contributed by atoms with van der Waals surface area (Å²) in [4.78, 5) is 14.5. The maximum Gasteiger partial charge on any atom is 0.308 e. The van der Waals surface area contributed by atoms with Crippen molar-refractivity contribution in [1.29, 1.82) is 0 Å². The second-order valence-electron chi connectivity index (χ2n) is 3.16. The average molecular weight is 167 g/mol. The van der Waals surface area contributed by atoms with Crippen LogP contribution in [0.1, 0.15) is 25.7 Å². The summed E-state index contributed by atoms with van der Waals surface area (Å²) in [6.45, 7) is 6.82. The van der Waals surface area contributed by atoms with E-state index < -0.39 is 0 Å². The Bertz CT molecular complexity index is 199. The maximum absolute atomic E-state index is 11.1. The maximum atomic E-state index is 11.1. The molecule has 0 unspecified atom stereocenters. The normalized spacial score (nSPS) is 29.0. The Morgan fingerprint density at radius 2 is 2.00 bits per heavy atom. The fraction of sp³-hybridized carbons (Fsp3) is 0.778. The van der Waals surface area contributed by atoms with Crippen LogP contribution in [0.25, 0.3) is 4.85 Å². The minimum Gasteiger partial charge on any atom is -0.469 e. The third kappa shape index (κ3) is 1.97. The SMILES string of the molecule is [C-]#[N+]C1CCC(C(=O)OC)CC1. The van der Waals surface area contributed by atoms with E-state index >= 15 is 0 Å². The van der Waals surface area contributed by atoms with E-state index in [1.54, 1.807) is 0 Å². The van der Waals surface area contributed by atoms with E-state index in [4.69, 9.17) is 6.57 Å². The summed E-state index contributed by atoms with van der Waals surface area (Å²) in [6, 6.07) is 0.144. The summed E-state index contributed by atoms with van der Waals surface area (Å²) < 4.78 is 4.64. The van der Waals surface area contributed by atoms with Crippen molar-refractivity contribution in [2.75, 3.05) is 7.11 Å². The van der Waals surface area contributed by atoms with E-state index in [0.717, 1.165) is 25.7 Å². The summed E-state index contributed by atoms with van der Waals surface area (Å²) in [6.07, 6.45) is 3.34. The number of carbonyl (C=O) groups excluding carboxylic acids is 1. The molecule has 0 heterocycles. The molecule has 1 saturated carbocycles. The Kier molecular flexibility index (Phi) is 3.09. The number of hydrogen-bond donors (Lipinski definition) is 0. The Balaban J connectivity index is 2.37. The number of nitrogens with zero attached hydrogens (tertiary/aromatic N) is 1. The lowest BCUT2D eigenvalue weighted by Crippen LogP contribution is -2.23. The predicted octanol–water partition coefficient (Wildman–Crippen LogP) is 1.64. The molecule has 12 heavy (non-hydrogen) atoms. The van der Waals surface area contributed by atoms with E-state index in [1.807, 2.05) is 0 Å². The molecule has 1 rings (SSSR count). The van der Waals surface area contributed by atoms with Crippen LogP contribution in [0, 0.1) is 12.5 Å². The lowest BCUT2D eigenvalue weighted by atomic mass is 9.86. The first-order valence-corrected chi connectivity index (χ1v) is 4.22. The number of ether oxygens (including phenoxy) is 1. The Morgan fingerprint density at radius 1 is 1.42 bits per heavy atom. The lowest BCUT2D eigenvalue weighted by Gasteiger charge is -2.19. The van der Waals surface area contributed by atoms with Gasteiger partial charge in [-0.25, -0.2) is 6.57 Å². The Hall–Kier alpha value is -1.04. The molecule has 3 nitrogen and oxygen atoms in total. The number of carbonyl (C=O) groups is 1. The molecule has 0 amide bonds. The fourth-order valence-corrected chi connectivity index (χ4v) is 1.61. The summed E-state index contributed by atoms with van der Waals surface area (Å²) in [5, 5.41) is 0. The van der Waals surface area contributed by atoms with Crippen molar-refractivity contribution in [2.24, 2.45) is 5.92 Å². The number of rotatable bonds is 1. The van der Waals surface area contributed by atoms with Crippen LogP contribution in [0.4, 0.5) is 0 Å². The van der Waals surface area contributed by atoms with Crippen molar-refractivity contribution in [2.45, 2.75) is 31.7 Å². The van der Waals surface area contributed by atoms with Gasteiger partial charge in [-0.15, -0.1) is 0 Å². The first-order chi connectivity index (χ1) is 5.77. The van der Waals surface area contributed by atoms with Gasteiger partial charge in [-0.1, -0.05) is 0 Å². The molecule has 0 aromatic rings. The summed E-state index contributed by atoms with van der Waals surface area (Å²) in [5.41, 5.74) is 0. The molecule has 66 valence electrons. The number of esters is 1. The zero-order chi connectivity index (χ0) is 8.97. The Labute approximate surface area is 72.5 Å². The molecule has 0 aromatic carbocycles. The van der Waals surface area contributed by atoms with Crippen LogP contribution in [0.5, 0.6) is 0 Å². The molecular formula is C9H13NO2. The van der Waals surface area contributed by atoms with Gasteiger partial charge in [-0.3, -0.25) is 4.79 Å². The second-order valence-corrected chi connectivity index (χ2v) is 3.16. The largest absolute Gasteiger partial charge is 0.469 e. The first kappa shape index (κ1) is 9.05. The second kappa shape index (κ2) is 4.10. The van der Waals surface area contributed by atoms with Gasteiger partial charge in [-0.05, 0) is 12.8 Å². The molecule has 1 aliphatic carbocycles. The van der Waals surface area contributed by atoms with Crippen LogP contribution < -0.4 is 0 Å². The predicted molar refractivity (Wildman–Crippen MR) is 44.4 cm³/mol. The molecule has 0 aromatic heterocycles. The van der Waals surface area contributed by atoms with Crippen LogP contribution in [-0.4, -0.2) is 19.1 Å². The number of methoxy groups -OCH3 is 1. The lowest BCUT2D eigenvalue weighted by molar-refractivity contribution is -0.146. The van der Waals surface area contributed by atoms with E-state index in [1.165, 1.54) is 7.11 Å². The standard InChI is InChI=1S/C9H13NO2/c1-10-8-5-3-7(4-6-8)9(11)12-2/h7-8H,3-6H2,2H3. The van der Waals surface area contributed by atoms with E-state index in [0.29, 0.717) is 0 Å². The van der Waals surface area contributed by atoms with Crippen LogP contribution in [-0.2, 0) is 9.53 Å². The zero-order valence-corrected chi connectivity index (χ0v) is 7.25. The zero-order valence-electron chi connectivity index (χ0n) is 7.25. The monoisotopic (exact) mass is 167 g/mol. The van der Waals surface area contributed by atoms with Crippen molar-refractivity contribution >= 4 is 5.97 Å². The minimum atomic E-state index is -0.113. The molecule has 3 heteroatoms. The van der Waals surface area contributed by atoms with E-state index in [2.05, 4.69) is 9.58 Å². The van der Waals surface area contributed by atoms with Crippen LogP contribution in [0.3, 0.4) is 0 Å². The van der Waals surface area contributed by atoms with Gasteiger partial charge in [0.2, 0.25) is 6.04 Å². The van der Waals surface area contributed by atoms with Crippen LogP contribution in [0.2, 0.25) is 0 Å². The molecule has 0 saturated heterocycles. The van der Waals surface area contributed by atoms with Crippen molar-refractivity contribution < 1.29 is 9.53 Å². The highest BCUT2D eigenvalue weighted by Crippen LogP contribution is 2.26. The van der Waals surface area contributed by atoms with Crippen molar-refractivity contribution in [3.8, 4) is 0 Å². The molecule has 0 spiro atoms. The summed E-state index contributed by atoms with van der Waals surface area (Å²) >= 11 is 0. The smallest absolute Gasteiger partial charge is 0.308 e. The average Bonchev–Trinajstić information content (AvgIpc) is 2.17. The molecule has 0 radical (unpaired) electrons. The van der Waals surface area contributed by atoms with Gasteiger partial charge in [0, 0.05) is 12.8 Å². The topological polar surface area (TPSA) is 30.7 Å². The minimum absolute atomic E-state index is 0.0491. The highest BCUT2D eigenvalue weighted by atomic mass is 16.5. The van der Waals surface area contributed by atoms with Crippen molar-refractivity contribution in [3.63, 3.8) is 0 Å². The van der Waals surface area contributed by atoms with Gasteiger partial charge < -0.3 is 9.58 Å². The van der Waals surface area contributed by atoms with Gasteiger partial charge in [0.05, 0.1) is 13.0 Å². The van der Waals surface area contributed by atoms with Crippen molar-refractivity contribution in [1.82, 2.24) is 0 Å². The molecule has 1 aliphatic rings. The quantitative estimate of drug-likeness (QED) is 0.439. The van der Waals surface area contributed by atoms with Gasteiger partial charge >= 0.3 is 5.97 Å². The number of hydrogen-bond acceptors (Lipinski definition) is 2. The molecule has 0 N–H and O–H groups in total. The fourth-order valence-electron chi connectivity index (χ4n) is 1.61. The van der Waals surface area contributed by atoms with E-state index in [-0.39, 0.29) is 17.9 Å². The van der Waals surface area contributed by atoms with E-state index in [9.17, 15) is 4.79 Å². The summed E-state index contributed by atoms with van der Waals surface area (Å²) in [7, 11) is 1.42. The van der Waals surface area contributed by atoms with Gasteiger partial charge in [0.1, 0.15) is 0 Å². The highest BCUT2D eigenvalue weighted by Gasteiger charge is 2.29. The molecule has 0 bridgehead atoms. The third-order valence-electron chi connectivity index (χ3n) is 2.41. The highest BCUT2D eigenvalue weighted by molar-refractivity contribution is 5.72. The first-order valence-electron chi connectivity index (χ1n) is 4.22. The molecular weight excluding hydrogens is 154 g/mol. The van der Waals surface area contributed by atoms with Gasteiger partial charge in [0.15, 0.2) is 0 Å². The summed E-state index contributed by atoms with van der Waals surface area (Å²) in [5.74, 6) is -0.0635.